The molecule has 2 rings (SSSR count). The zero-order valence-electron chi connectivity index (χ0n) is 12.6. The summed E-state index contributed by atoms with van der Waals surface area (Å²) in [6.45, 7) is 8.17. The van der Waals surface area contributed by atoms with E-state index in [-0.39, 0.29) is 6.04 Å². The lowest BCUT2D eigenvalue weighted by Gasteiger charge is -2.40. The van der Waals surface area contributed by atoms with E-state index < -0.39 is 0 Å². The lowest BCUT2D eigenvalue weighted by atomic mass is 10.1. The fraction of sp³-hybridized carbons (Fsp3) is 0.625. The molecule has 112 valence electrons. The molecule has 3 nitrogen and oxygen atoms in total. The zero-order chi connectivity index (χ0) is 14.7. The average molecular weight is 341 g/mol. The SMILES string of the molecule is CCC1COC(C)CN1c1ccc(CC(C)N)c(Br)c1. The minimum atomic E-state index is 0.184. The van der Waals surface area contributed by atoms with Crippen LogP contribution in [-0.2, 0) is 11.2 Å². The van der Waals surface area contributed by atoms with Gasteiger partial charge in [0.15, 0.2) is 0 Å². The lowest BCUT2D eigenvalue weighted by molar-refractivity contribution is 0.0299. The summed E-state index contributed by atoms with van der Waals surface area (Å²) < 4.78 is 6.92. The van der Waals surface area contributed by atoms with Crippen molar-refractivity contribution >= 4 is 21.6 Å². The highest BCUT2D eigenvalue weighted by molar-refractivity contribution is 9.10. The largest absolute Gasteiger partial charge is 0.375 e. The lowest BCUT2D eigenvalue weighted by Crippen LogP contribution is -2.48. The molecule has 1 aliphatic heterocycles. The molecule has 1 aromatic rings. The van der Waals surface area contributed by atoms with Crippen molar-refractivity contribution in [1.29, 1.82) is 0 Å². The molecule has 0 saturated carbocycles. The maximum atomic E-state index is 5.89. The Morgan fingerprint density at radius 3 is 2.85 bits per heavy atom. The number of ether oxygens (including phenoxy) is 1. The topological polar surface area (TPSA) is 38.5 Å². The molecule has 1 aromatic carbocycles. The molecule has 0 spiro atoms. The quantitative estimate of drug-likeness (QED) is 0.913. The van der Waals surface area contributed by atoms with Crippen molar-refractivity contribution < 1.29 is 4.74 Å². The first kappa shape index (κ1) is 15.8. The van der Waals surface area contributed by atoms with Crippen LogP contribution in [0.25, 0.3) is 0 Å². The van der Waals surface area contributed by atoms with Crippen molar-refractivity contribution in [3.8, 4) is 0 Å². The number of morpholine rings is 1. The number of halogens is 1. The van der Waals surface area contributed by atoms with Crippen LogP contribution in [-0.4, -0.2) is 31.3 Å². The third kappa shape index (κ3) is 3.74. The Balaban J connectivity index is 2.20. The van der Waals surface area contributed by atoms with E-state index >= 15 is 0 Å². The molecule has 0 aliphatic carbocycles. The van der Waals surface area contributed by atoms with Gasteiger partial charge in [-0.05, 0) is 44.4 Å². The van der Waals surface area contributed by atoms with Gasteiger partial charge in [-0.15, -0.1) is 0 Å². The highest BCUT2D eigenvalue weighted by Gasteiger charge is 2.26. The number of hydrogen-bond donors (Lipinski definition) is 1. The Labute approximate surface area is 130 Å². The fourth-order valence-corrected chi connectivity index (χ4v) is 3.25. The van der Waals surface area contributed by atoms with Gasteiger partial charge in [0.25, 0.3) is 0 Å². The smallest absolute Gasteiger partial charge is 0.0723 e. The number of hydrogen-bond acceptors (Lipinski definition) is 3. The number of rotatable bonds is 4. The van der Waals surface area contributed by atoms with E-state index in [0.29, 0.717) is 12.1 Å². The molecule has 1 fully saturated rings. The molecular weight excluding hydrogens is 316 g/mol. The summed E-state index contributed by atoms with van der Waals surface area (Å²) >= 11 is 3.69. The van der Waals surface area contributed by atoms with Crippen LogP contribution in [0.2, 0.25) is 0 Å². The second kappa shape index (κ2) is 6.92. The summed E-state index contributed by atoms with van der Waals surface area (Å²) in [5, 5.41) is 0. The van der Waals surface area contributed by atoms with Gasteiger partial charge < -0.3 is 15.4 Å². The maximum absolute atomic E-state index is 5.89. The second-order valence-electron chi connectivity index (χ2n) is 5.82. The highest BCUT2D eigenvalue weighted by atomic mass is 79.9. The van der Waals surface area contributed by atoms with E-state index in [1.54, 1.807) is 0 Å². The number of anilines is 1. The van der Waals surface area contributed by atoms with Gasteiger partial charge in [0.05, 0.1) is 18.8 Å². The van der Waals surface area contributed by atoms with Gasteiger partial charge in [0, 0.05) is 22.7 Å². The van der Waals surface area contributed by atoms with Crippen LogP contribution in [0.4, 0.5) is 5.69 Å². The maximum Gasteiger partial charge on any atom is 0.0723 e. The molecule has 20 heavy (non-hydrogen) atoms. The highest BCUT2D eigenvalue weighted by Crippen LogP contribution is 2.29. The van der Waals surface area contributed by atoms with E-state index in [1.807, 2.05) is 6.92 Å². The summed E-state index contributed by atoms with van der Waals surface area (Å²) in [4.78, 5) is 2.47. The molecule has 1 aliphatic rings. The first-order valence-electron chi connectivity index (χ1n) is 7.43. The Kier molecular flexibility index (Phi) is 5.47. The van der Waals surface area contributed by atoms with Crippen LogP contribution < -0.4 is 10.6 Å². The minimum absolute atomic E-state index is 0.184. The van der Waals surface area contributed by atoms with Crippen molar-refractivity contribution in [2.24, 2.45) is 5.73 Å². The van der Waals surface area contributed by atoms with Crippen molar-refractivity contribution in [1.82, 2.24) is 0 Å². The molecule has 3 atom stereocenters. The van der Waals surface area contributed by atoms with E-state index in [1.165, 1.54) is 11.3 Å². The summed E-state index contributed by atoms with van der Waals surface area (Å²) in [5.74, 6) is 0. The van der Waals surface area contributed by atoms with Crippen molar-refractivity contribution in [2.45, 2.75) is 51.8 Å². The molecule has 0 bridgehead atoms. The predicted molar refractivity (Wildman–Crippen MR) is 88.3 cm³/mol. The number of benzene rings is 1. The summed E-state index contributed by atoms with van der Waals surface area (Å²) in [6.07, 6.45) is 2.30. The van der Waals surface area contributed by atoms with Gasteiger partial charge in [-0.1, -0.05) is 28.9 Å². The van der Waals surface area contributed by atoms with Crippen molar-refractivity contribution in [2.75, 3.05) is 18.1 Å². The van der Waals surface area contributed by atoms with Gasteiger partial charge in [-0.25, -0.2) is 0 Å². The van der Waals surface area contributed by atoms with E-state index in [2.05, 4.69) is 52.9 Å². The molecule has 3 unspecified atom stereocenters. The zero-order valence-corrected chi connectivity index (χ0v) is 14.2. The Bertz CT molecular complexity index is 450. The van der Waals surface area contributed by atoms with Crippen LogP contribution in [0.3, 0.4) is 0 Å². The fourth-order valence-electron chi connectivity index (χ4n) is 2.73. The van der Waals surface area contributed by atoms with E-state index in [4.69, 9.17) is 10.5 Å². The number of nitrogens with two attached hydrogens (primary N) is 1. The minimum Gasteiger partial charge on any atom is -0.375 e. The van der Waals surface area contributed by atoms with Gasteiger partial charge >= 0.3 is 0 Å². The summed E-state index contributed by atoms with van der Waals surface area (Å²) in [6, 6.07) is 7.28. The number of nitrogens with zero attached hydrogens (tertiary/aromatic N) is 1. The van der Waals surface area contributed by atoms with Crippen molar-refractivity contribution in [3.05, 3.63) is 28.2 Å². The molecule has 1 saturated heterocycles. The molecule has 0 radical (unpaired) electrons. The normalized spacial score (nSPS) is 24.8. The summed E-state index contributed by atoms with van der Waals surface area (Å²) in [5.41, 5.74) is 8.43. The average Bonchev–Trinajstić information content (AvgIpc) is 2.40. The molecular formula is C16H25BrN2O. The Morgan fingerprint density at radius 1 is 1.50 bits per heavy atom. The third-order valence-electron chi connectivity index (χ3n) is 3.85. The first-order valence-corrected chi connectivity index (χ1v) is 8.22. The van der Waals surface area contributed by atoms with E-state index in [0.717, 1.165) is 30.5 Å². The molecule has 4 heteroatoms. The molecule has 2 N–H and O–H groups in total. The van der Waals surface area contributed by atoms with Gasteiger partial charge in [0.2, 0.25) is 0 Å². The van der Waals surface area contributed by atoms with Crippen molar-refractivity contribution in [3.63, 3.8) is 0 Å². The van der Waals surface area contributed by atoms with Crippen LogP contribution in [0.1, 0.15) is 32.8 Å². The van der Waals surface area contributed by atoms with E-state index in [9.17, 15) is 0 Å². The standard InChI is InChI=1S/C16H25BrN2O/c1-4-14-10-20-12(3)9-19(14)15-6-5-13(7-11(2)18)16(17)8-15/h5-6,8,11-12,14H,4,7,9-10,18H2,1-3H3. The predicted octanol–water partition coefficient (Wildman–Crippen LogP) is 3.34. The van der Waals surface area contributed by atoms with Crippen LogP contribution in [0, 0.1) is 0 Å². The van der Waals surface area contributed by atoms with Crippen LogP contribution in [0.15, 0.2) is 22.7 Å². The second-order valence-corrected chi connectivity index (χ2v) is 6.67. The first-order chi connectivity index (χ1) is 9.51. The Morgan fingerprint density at radius 2 is 2.25 bits per heavy atom. The molecule has 1 heterocycles. The van der Waals surface area contributed by atoms with Gasteiger partial charge in [-0.3, -0.25) is 0 Å². The molecule has 0 amide bonds. The summed E-state index contributed by atoms with van der Waals surface area (Å²) in [7, 11) is 0. The van der Waals surface area contributed by atoms with Gasteiger partial charge in [-0.2, -0.15) is 0 Å². The molecule has 0 aromatic heterocycles. The van der Waals surface area contributed by atoms with Gasteiger partial charge in [0.1, 0.15) is 0 Å². The third-order valence-corrected chi connectivity index (χ3v) is 4.59. The van der Waals surface area contributed by atoms with Crippen LogP contribution in [0.5, 0.6) is 0 Å². The van der Waals surface area contributed by atoms with Crippen LogP contribution >= 0.6 is 15.9 Å². The monoisotopic (exact) mass is 340 g/mol. The Hall–Kier alpha value is -0.580.